The Hall–Kier alpha value is -3.19. The third-order valence-corrected chi connectivity index (χ3v) is 6.13. The predicted octanol–water partition coefficient (Wildman–Crippen LogP) is 3.76. The van der Waals surface area contributed by atoms with Crippen molar-refractivity contribution in [2.45, 2.75) is 25.3 Å². The quantitative estimate of drug-likeness (QED) is 0.610. The van der Waals surface area contributed by atoms with Crippen LogP contribution in [0.5, 0.6) is 11.5 Å². The number of pyridine rings is 1. The van der Waals surface area contributed by atoms with E-state index in [2.05, 4.69) is 28.1 Å². The highest BCUT2D eigenvalue weighted by molar-refractivity contribution is 5.56. The van der Waals surface area contributed by atoms with E-state index < -0.39 is 0 Å². The molecule has 3 aromatic rings. The Morgan fingerprint density at radius 3 is 2.56 bits per heavy atom. The summed E-state index contributed by atoms with van der Waals surface area (Å²) in [7, 11) is 4.05. The van der Waals surface area contributed by atoms with E-state index in [-0.39, 0.29) is 0 Å². The number of anilines is 1. The molecule has 4 heterocycles. The summed E-state index contributed by atoms with van der Waals surface area (Å²) in [4.78, 5) is 18.5. The van der Waals surface area contributed by atoms with Crippen LogP contribution < -0.4 is 14.4 Å². The minimum absolute atomic E-state index is 0.434. The Balaban J connectivity index is 1.28. The lowest BCUT2D eigenvalue weighted by Crippen LogP contribution is -2.33. The summed E-state index contributed by atoms with van der Waals surface area (Å²) in [6.07, 6.45) is 5.77. The lowest BCUT2D eigenvalue weighted by atomic mass is 9.92. The van der Waals surface area contributed by atoms with Gasteiger partial charge in [0.1, 0.15) is 19.0 Å². The Labute approximate surface area is 189 Å². The summed E-state index contributed by atoms with van der Waals surface area (Å²) in [6, 6.07) is 12.4. The van der Waals surface area contributed by atoms with Crippen LogP contribution in [0.4, 0.5) is 5.82 Å². The summed E-state index contributed by atoms with van der Waals surface area (Å²) in [6.45, 7) is 4.26. The molecule has 0 spiro atoms. The van der Waals surface area contributed by atoms with Crippen LogP contribution in [0.25, 0.3) is 11.4 Å². The van der Waals surface area contributed by atoms with Crippen LogP contribution in [0.15, 0.2) is 48.8 Å². The topological polar surface area (TPSA) is 63.6 Å². The second kappa shape index (κ2) is 9.12. The zero-order chi connectivity index (χ0) is 21.9. The third kappa shape index (κ3) is 4.53. The van der Waals surface area contributed by atoms with Crippen LogP contribution in [0.1, 0.15) is 30.0 Å². The minimum atomic E-state index is 0.434. The lowest BCUT2D eigenvalue weighted by molar-refractivity contribution is 0.170. The van der Waals surface area contributed by atoms with Crippen LogP contribution in [0.2, 0.25) is 0 Å². The molecule has 0 saturated carbocycles. The third-order valence-electron chi connectivity index (χ3n) is 6.13. The molecule has 5 rings (SSSR count). The zero-order valence-electron chi connectivity index (χ0n) is 18.7. The fourth-order valence-electron chi connectivity index (χ4n) is 4.35. The molecule has 2 aromatic heterocycles. The van der Waals surface area contributed by atoms with Gasteiger partial charge in [0, 0.05) is 56.3 Å². The first kappa shape index (κ1) is 20.7. The van der Waals surface area contributed by atoms with Gasteiger partial charge in [-0.25, -0.2) is 9.97 Å². The molecule has 0 aliphatic carbocycles. The van der Waals surface area contributed by atoms with Gasteiger partial charge in [0.2, 0.25) is 0 Å². The molecule has 0 N–H and O–H groups in total. The maximum atomic E-state index is 5.74. The molecule has 0 atom stereocenters. The monoisotopic (exact) mass is 431 g/mol. The van der Waals surface area contributed by atoms with Crippen molar-refractivity contribution in [2.24, 2.45) is 0 Å². The number of fused-ring (bicyclic) bond motifs is 1. The molecule has 166 valence electrons. The molecule has 7 heteroatoms. The number of hydrogen-bond donors (Lipinski definition) is 0. The van der Waals surface area contributed by atoms with Crippen molar-refractivity contribution in [1.29, 1.82) is 0 Å². The van der Waals surface area contributed by atoms with E-state index in [0.717, 1.165) is 66.9 Å². The van der Waals surface area contributed by atoms with Gasteiger partial charge in [-0.3, -0.25) is 9.88 Å². The van der Waals surface area contributed by atoms with E-state index in [1.54, 1.807) is 6.20 Å². The Kier molecular flexibility index (Phi) is 5.90. The standard InChI is InChI=1S/C25H29N5O2/c1-29(2)24-15-21(27-25(28-24)20-4-3-9-26-16-20)19-7-10-30(11-8-19)17-18-5-6-22-23(14-18)32-13-12-31-22/h3-6,9,14-16,19H,7-8,10-13,17H2,1-2H3. The average Bonchev–Trinajstić information content (AvgIpc) is 2.85. The fraction of sp³-hybridized carbons (Fsp3) is 0.400. The number of ether oxygens (including phenoxy) is 2. The molecule has 0 radical (unpaired) electrons. The van der Waals surface area contributed by atoms with Gasteiger partial charge in [0.25, 0.3) is 0 Å². The van der Waals surface area contributed by atoms with Crippen LogP contribution in [0, 0.1) is 0 Å². The molecular weight excluding hydrogens is 402 g/mol. The molecule has 1 fully saturated rings. The number of benzene rings is 1. The molecule has 0 amide bonds. The van der Waals surface area contributed by atoms with Crippen molar-refractivity contribution in [2.75, 3.05) is 45.3 Å². The number of hydrogen-bond acceptors (Lipinski definition) is 7. The normalized spacial score (nSPS) is 16.7. The van der Waals surface area contributed by atoms with Gasteiger partial charge in [-0.05, 0) is 55.8 Å². The van der Waals surface area contributed by atoms with Gasteiger partial charge in [0.15, 0.2) is 17.3 Å². The van der Waals surface area contributed by atoms with Crippen LogP contribution in [-0.2, 0) is 6.54 Å². The van der Waals surface area contributed by atoms with Gasteiger partial charge in [-0.2, -0.15) is 0 Å². The van der Waals surface area contributed by atoms with Crippen molar-refractivity contribution in [1.82, 2.24) is 19.9 Å². The van der Waals surface area contributed by atoms with E-state index >= 15 is 0 Å². The molecule has 0 bridgehead atoms. The SMILES string of the molecule is CN(C)c1cc(C2CCN(Cc3ccc4c(c3)OCCO4)CC2)nc(-c2cccnc2)n1. The van der Waals surface area contributed by atoms with Gasteiger partial charge >= 0.3 is 0 Å². The first-order chi connectivity index (χ1) is 15.7. The molecule has 2 aliphatic heterocycles. The Morgan fingerprint density at radius 2 is 1.81 bits per heavy atom. The zero-order valence-corrected chi connectivity index (χ0v) is 18.7. The maximum Gasteiger partial charge on any atom is 0.163 e. The molecule has 32 heavy (non-hydrogen) atoms. The number of likely N-dealkylation sites (tertiary alicyclic amines) is 1. The smallest absolute Gasteiger partial charge is 0.163 e. The van der Waals surface area contributed by atoms with Crippen LogP contribution >= 0.6 is 0 Å². The van der Waals surface area contributed by atoms with Crippen molar-refractivity contribution >= 4 is 5.82 Å². The summed E-state index contributed by atoms with van der Waals surface area (Å²) in [5.41, 5.74) is 3.35. The van der Waals surface area contributed by atoms with Gasteiger partial charge in [-0.15, -0.1) is 0 Å². The number of aromatic nitrogens is 3. The summed E-state index contributed by atoms with van der Waals surface area (Å²) >= 11 is 0. The molecule has 2 aliphatic rings. The average molecular weight is 432 g/mol. The summed E-state index contributed by atoms with van der Waals surface area (Å²) < 4.78 is 11.4. The van der Waals surface area contributed by atoms with Crippen LogP contribution in [0.3, 0.4) is 0 Å². The molecule has 1 aromatic carbocycles. The van der Waals surface area contributed by atoms with Gasteiger partial charge < -0.3 is 14.4 Å². The first-order valence-corrected chi connectivity index (χ1v) is 11.2. The molecule has 7 nitrogen and oxygen atoms in total. The minimum Gasteiger partial charge on any atom is -0.486 e. The summed E-state index contributed by atoms with van der Waals surface area (Å²) in [5, 5.41) is 0. The van der Waals surface area contributed by atoms with Crippen LogP contribution in [-0.4, -0.2) is 60.3 Å². The van der Waals surface area contributed by atoms with E-state index in [1.807, 2.05) is 43.4 Å². The highest BCUT2D eigenvalue weighted by Gasteiger charge is 2.24. The first-order valence-electron chi connectivity index (χ1n) is 11.2. The molecule has 1 saturated heterocycles. The van der Waals surface area contributed by atoms with Gasteiger partial charge in [-0.1, -0.05) is 6.07 Å². The van der Waals surface area contributed by atoms with E-state index in [4.69, 9.17) is 19.4 Å². The Bertz CT molecular complexity index is 1070. The maximum absolute atomic E-state index is 5.74. The van der Waals surface area contributed by atoms with Gasteiger partial charge in [0.05, 0.1) is 0 Å². The van der Waals surface area contributed by atoms with Crippen molar-refractivity contribution < 1.29 is 9.47 Å². The number of nitrogens with zero attached hydrogens (tertiary/aromatic N) is 5. The fourth-order valence-corrected chi connectivity index (χ4v) is 4.35. The van der Waals surface area contributed by atoms with E-state index in [9.17, 15) is 0 Å². The number of piperidine rings is 1. The second-order valence-corrected chi connectivity index (χ2v) is 8.64. The van der Waals surface area contributed by atoms with E-state index in [1.165, 1.54) is 5.56 Å². The Morgan fingerprint density at radius 1 is 1.00 bits per heavy atom. The van der Waals surface area contributed by atoms with Crippen molar-refractivity contribution in [3.63, 3.8) is 0 Å². The second-order valence-electron chi connectivity index (χ2n) is 8.64. The summed E-state index contributed by atoms with van der Waals surface area (Å²) in [5.74, 6) is 3.83. The highest BCUT2D eigenvalue weighted by Crippen LogP contribution is 2.33. The highest BCUT2D eigenvalue weighted by atomic mass is 16.6. The largest absolute Gasteiger partial charge is 0.486 e. The predicted molar refractivity (Wildman–Crippen MR) is 124 cm³/mol. The van der Waals surface area contributed by atoms with Crippen molar-refractivity contribution in [3.8, 4) is 22.9 Å². The number of rotatable bonds is 5. The van der Waals surface area contributed by atoms with Crippen molar-refractivity contribution in [3.05, 3.63) is 60.0 Å². The molecule has 0 unspecified atom stereocenters. The molecular formula is C25H29N5O2. The van der Waals surface area contributed by atoms with E-state index in [0.29, 0.717) is 19.1 Å². The lowest BCUT2D eigenvalue weighted by Gasteiger charge is -2.32.